The van der Waals surface area contributed by atoms with Gasteiger partial charge in [0.05, 0.1) is 13.2 Å². The maximum atomic E-state index is 15.4. The third-order valence-corrected chi connectivity index (χ3v) is 6.54. The summed E-state index contributed by atoms with van der Waals surface area (Å²) in [5.74, 6) is -0.629. The summed E-state index contributed by atoms with van der Waals surface area (Å²) in [5.41, 5.74) is 3.48. The molecular formula is C26H24FNO3. The van der Waals surface area contributed by atoms with Gasteiger partial charge in [-0.3, -0.25) is 0 Å². The molecule has 3 aromatic rings. The fraction of sp³-hybridized carbons (Fsp3) is 0.269. The number of alkyl halides is 1. The predicted octanol–water partition coefficient (Wildman–Crippen LogP) is 4.74. The number of fused-ring (bicyclic) bond motifs is 3. The molecule has 2 atom stereocenters. The van der Waals surface area contributed by atoms with Gasteiger partial charge in [0.15, 0.2) is 5.67 Å². The summed E-state index contributed by atoms with van der Waals surface area (Å²) in [5, 5.41) is 9.72. The molecule has 31 heavy (non-hydrogen) atoms. The van der Waals surface area contributed by atoms with E-state index in [1.807, 2.05) is 54.6 Å². The average Bonchev–Trinajstić information content (AvgIpc) is 3.34. The van der Waals surface area contributed by atoms with E-state index in [9.17, 15) is 9.90 Å². The van der Waals surface area contributed by atoms with E-state index in [0.29, 0.717) is 0 Å². The molecule has 5 rings (SSSR count). The van der Waals surface area contributed by atoms with Crippen molar-refractivity contribution >= 4 is 6.09 Å². The van der Waals surface area contributed by atoms with Crippen molar-refractivity contribution in [3.05, 3.63) is 95.6 Å². The second kappa shape index (κ2) is 7.82. The molecule has 2 unspecified atom stereocenters. The maximum Gasteiger partial charge on any atom is 0.409 e. The van der Waals surface area contributed by atoms with Gasteiger partial charge in [-0.1, -0.05) is 78.9 Å². The quantitative estimate of drug-likeness (QED) is 0.667. The van der Waals surface area contributed by atoms with Crippen LogP contribution in [0.15, 0.2) is 78.9 Å². The molecule has 4 nitrogen and oxygen atoms in total. The Morgan fingerprint density at radius 3 is 2.16 bits per heavy atom. The highest BCUT2D eigenvalue weighted by atomic mass is 19.1. The fourth-order valence-electron chi connectivity index (χ4n) is 4.95. The van der Waals surface area contributed by atoms with Crippen molar-refractivity contribution in [1.29, 1.82) is 0 Å². The topological polar surface area (TPSA) is 49.8 Å². The minimum absolute atomic E-state index is 0.0446. The SMILES string of the molecule is O=C(OCC1c2ccccc2-c2ccccc21)N1CC(c2ccccc2)C(F)(CO)C1. The highest BCUT2D eigenvalue weighted by molar-refractivity contribution is 5.79. The minimum atomic E-state index is -1.88. The third-order valence-electron chi connectivity index (χ3n) is 6.54. The number of halogens is 1. The molecule has 0 spiro atoms. The van der Waals surface area contributed by atoms with Crippen LogP contribution in [-0.4, -0.2) is 48.1 Å². The summed E-state index contributed by atoms with van der Waals surface area (Å²) >= 11 is 0. The van der Waals surface area contributed by atoms with Gasteiger partial charge in [0.2, 0.25) is 0 Å². The number of likely N-dealkylation sites (tertiary alicyclic amines) is 1. The summed E-state index contributed by atoms with van der Waals surface area (Å²) < 4.78 is 21.1. The Bertz CT molecular complexity index is 1060. The zero-order valence-electron chi connectivity index (χ0n) is 17.1. The molecule has 1 N–H and O–H groups in total. The van der Waals surface area contributed by atoms with Gasteiger partial charge >= 0.3 is 6.09 Å². The maximum absolute atomic E-state index is 15.4. The number of carbonyl (C=O) groups is 1. The van der Waals surface area contributed by atoms with Crippen molar-refractivity contribution in [2.24, 2.45) is 0 Å². The number of hydrogen-bond donors (Lipinski definition) is 1. The highest BCUT2D eigenvalue weighted by Crippen LogP contribution is 2.45. The molecule has 0 aromatic heterocycles. The van der Waals surface area contributed by atoms with Gasteiger partial charge in [0, 0.05) is 18.4 Å². The first-order valence-corrected chi connectivity index (χ1v) is 10.6. The molecule has 5 heteroatoms. The van der Waals surface area contributed by atoms with E-state index < -0.39 is 24.3 Å². The first-order chi connectivity index (χ1) is 15.1. The summed E-state index contributed by atoms with van der Waals surface area (Å²) in [6, 6.07) is 25.5. The average molecular weight is 417 g/mol. The van der Waals surface area contributed by atoms with Crippen LogP contribution >= 0.6 is 0 Å². The van der Waals surface area contributed by atoms with Crippen LogP contribution in [0.5, 0.6) is 0 Å². The second-order valence-corrected chi connectivity index (χ2v) is 8.34. The molecule has 1 aliphatic carbocycles. The summed E-state index contributed by atoms with van der Waals surface area (Å²) in [7, 11) is 0. The van der Waals surface area contributed by atoms with Crippen LogP contribution in [0.1, 0.15) is 28.5 Å². The zero-order valence-corrected chi connectivity index (χ0v) is 17.1. The number of hydrogen-bond acceptors (Lipinski definition) is 3. The van der Waals surface area contributed by atoms with E-state index in [-0.39, 0.29) is 25.6 Å². The predicted molar refractivity (Wildman–Crippen MR) is 117 cm³/mol. The molecule has 1 amide bonds. The molecule has 0 saturated carbocycles. The lowest BCUT2D eigenvalue weighted by Gasteiger charge is -2.23. The van der Waals surface area contributed by atoms with E-state index in [0.717, 1.165) is 27.8 Å². The van der Waals surface area contributed by atoms with Crippen molar-refractivity contribution < 1.29 is 19.0 Å². The van der Waals surface area contributed by atoms with Crippen LogP contribution in [0.4, 0.5) is 9.18 Å². The van der Waals surface area contributed by atoms with Crippen LogP contribution < -0.4 is 0 Å². The molecule has 1 fully saturated rings. The van der Waals surface area contributed by atoms with Crippen molar-refractivity contribution in [2.75, 3.05) is 26.3 Å². The number of amides is 1. The third kappa shape index (κ3) is 3.39. The fourth-order valence-corrected chi connectivity index (χ4v) is 4.95. The molecule has 0 radical (unpaired) electrons. The van der Waals surface area contributed by atoms with E-state index in [2.05, 4.69) is 24.3 Å². The number of aliphatic hydroxyl groups excluding tert-OH is 1. The highest BCUT2D eigenvalue weighted by Gasteiger charge is 2.49. The van der Waals surface area contributed by atoms with Crippen molar-refractivity contribution in [3.63, 3.8) is 0 Å². The summed E-state index contributed by atoms with van der Waals surface area (Å²) in [6.45, 7) is -0.449. The Morgan fingerprint density at radius 2 is 1.55 bits per heavy atom. The first kappa shape index (κ1) is 19.8. The number of rotatable bonds is 4. The molecule has 1 saturated heterocycles. The number of carbonyl (C=O) groups excluding carboxylic acids is 1. The molecule has 158 valence electrons. The number of ether oxygens (including phenoxy) is 1. The smallest absolute Gasteiger partial charge is 0.409 e. The second-order valence-electron chi connectivity index (χ2n) is 8.34. The molecule has 1 heterocycles. The van der Waals surface area contributed by atoms with Gasteiger partial charge in [-0.15, -0.1) is 0 Å². The lowest BCUT2D eigenvalue weighted by atomic mass is 9.87. The summed E-state index contributed by atoms with van der Waals surface area (Å²) in [4.78, 5) is 14.2. The molecule has 2 aliphatic rings. The van der Waals surface area contributed by atoms with Gasteiger partial charge in [-0.2, -0.15) is 0 Å². The van der Waals surface area contributed by atoms with Crippen LogP contribution in [0, 0.1) is 0 Å². The lowest BCUT2D eigenvalue weighted by molar-refractivity contribution is 0.0596. The number of aliphatic hydroxyl groups is 1. The van der Waals surface area contributed by atoms with Gasteiger partial charge in [0.1, 0.15) is 6.61 Å². The Kier molecular flexibility index (Phi) is 4.98. The zero-order chi connectivity index (χ0) is 21.4. The number of benzene rings is 3. The Labute approximate surface area is 180 Å². The minimum Gasteiger partial charge on any atom is -0.448 e. The van der Waals surface area contributed by atoms with Crippen molar-refractivity contribution in [3.8, 4) is 11.1 Å². The monoisotopic (exact) mass is 417 g/mol. The molecule has 3 aromatic carbocycles. The molecule has 1 aliphatic heterocycles. The van der Waals surface area contributed by atoms with E-state index >= 15 is 4.39 Å². The number of nitrogens with zero attached hydrogens (tertiary/aromatic N) is 1. The standard InChI is InChI=1S/C26H24FNO3/c27-26(17-29)16-28(14-24(26)18-8-2-1-3-9-18)25(30)31-15-23-21-12-6-4-10-19(21)20-11-5-7-13-22(20)23/h1-13,23-24,29H,14-17H2. The Morgan fingerprint density at radius 1 is 0.968 bits per heavy atom. The van der Waals surface area contributed by atoms with Crippen molar-refractivity contribution in [1.82, 2.24) is 4.90 Å². The van der Waals surface area contributed by atoms with Crippen LogP contribution in [0.3, 0.4) is 0 Å². The lowest BCUT2D eigenvalue weighted by Crippen LogP contribution is -2.38. The van der Waals surface area contributed by atoms with E-state index in [1.54, 1.807) is 0 Å². The van der Waals surface area contributed by atoms with Crippen LogP contribution in [-0.2, 0) is 4.74 Å². The van der Waals surface area contributed by atoms with Crippen LogP contribution in [0.2, 0.25) is 0 Å². The molecular weight excluding hydrogens is 393 g/mol. The Balaban J connectivity index is 1.33. The van der Waals surface area contributed by atoms with Crippen molar-refractivity contribution in [2.45, 2.75) is 17.5 Å². The first-order valence-electron chi connectivity index (χ1n) is 10.6. The van der Waals surface area contributed by atoms with E-state index in [1.165, 1.54) is 4.90 Å². The van der Waals surface area contributed by atoms with Gasteiger partial charge in [-0.25, -0.2) is 9.18 Å². The van der Waals surface area contributed by atoms with Gasteiger partial charge in [0.25, 0.3) is 0 Å². The normalized spacial score (nSPS) is 22.3. The Hall–Kier alpha value is -3.18. The molecule has 0 bridgehead atoms. The van der Waals surface area contributed by atoms with Gasteiger partial charge < -0.3 is 14.7 Å². The largest absolute Gasteiger partial charge is 0.448 e. The summed E-state index contributed by atoms with van der Waals surface area (Å²) in [6.07, 6.45) is -0.546. The van der Waals surface area contributed by atoms with Gasteiger partial charge in [-0.05, 0) is 27.8 Å². The van der Waals surface area contributed by atoms with E-state index in [4.69, 9.17) is 4.74 Å². The van der Waals surface area contributed by atoms with Crippen LogP contribution in [0.25, 0.3) is 11.1 Å².